The highest BCUT2D eigenvalue weighted by molar-refractivity contribution is 6.36. The molecule has 0 amide bonds. The van der Waals surface area contributed by atoms with Gasteiger partial charge in [0.15, 0.2) is 11.5 Å². The molecular formula is C24H20Cl2N2O3. The van der Waals surface area contributed by atoms with Crippen LogP contribution >= 0.6 is 23.2 Å². The van der Waals surface area contributed by atoms with Gasteiger partial charge < -0.3 is 9.47 Å². The molecule has 31 heavy (non-hydrogen) atoms. The fourth-order valence-corrected chi connectivity index (χ4v) is 4.02. The Balaban J connectivity index is 1.81. The van der Waals surface area contributed by atoms with Gasteiger partial charge in [-0.2, -0.15) is 0 Å². The Morgan fingerprint density at radius 1 is 0.935 bits per heavy atom. The van der Waals surface area contributed by atoms with Gasteiger partial charge in [0, 0.05) is 17.1 Å². The molecule has 1 heterocycles. The second kappa shape index (κ2) is 9.00. The fraction of sp³-hybridized carbons (Fsp3) is 0.167. The van der Waals surface area contributed by atoms with Crippen LogP contribution in [0, 0.1) is 0 Å². The summed E-state index contributed by atoms with van der Waals surface area (Å²) in [5, 5.41) is 1.52. The molecule has 0 saturated carbocycles. The summed E-state index contributed by atoms with van der Waals surface area (Å²) in [6.07, 6.45) is 0.596. The van der Waals surface area contributed by atoms with Gasteiger partial charge in [0.25, 0.3) is 5.56 Å². The van der Waals surface area contributed by atoms with Gasteiger partial charge in [0.2, 0.25) is 0 Å². The number of ether oxygens (including phenoxy) is 2. The van der Waals surface area contributed by atoms with E-state index in [1.807, 2.05) is 36.4 Å². The maximum Gasteiger partial charge on any atom is 0.261 e. The quantitative estimate of drug-likeness (QED) is 0.378. The summed E-state index contributed by atoms with van der Waals surface area (Å²) < 4.78 is 12.4. The summed E-state index contributed by atoms with van der Waals surface area (Å²) in [5.41, 5.74) is 2.16. The van der Waals surface area contributed by atoms with Crippen LogP contribution in [-0.2, 0) is 13.0 Å². The first kappa shape index (κ1) is 21.2. The van der Waals surface area contributed by atoms with Gasteiger partial charge in [-0.3, -0.25) is 9.36 Å². The largest absolute Gasteiger partial charge is 0.493 e. The summed E-state index contributed by atoms with van der Waals surface area (Å²) in [4.78, 5) is 18.1. The lowest BCUT2D eigenvalue weighted by molar-refractivity contribution is 0.354. The average Bonchev–Trinajstić information content (AvgIpc) is 2.78. The Hall–Kier alpha value is -3.02. The number of nitrogens with zero attached hydrogens (tertiary/aromatic N) is 2. The zero-order valence-corrected chi connectivity index (χ0v) is 18.6. The molecule has 1 aromatic heterocycles. The maximum atomic E-state index is 13.4. The molecule has 3 aromatic carbocycles. The van der Waals surface area contributed by atoms with Crippen molar-refractivity contribution >= 4 is 34.1 Å². The van der Waals surface area contributed by atoms with Crippen molar-refractivity contribution in [3.05, 3.63) is 86.6 Å². The number of aromatic nitrogens is 2. The van der Waals surface area contributed by atoms with Crippen molar-refractivity contribution in [3.8, 4) is 22.9 Å². The van der Waals surface area contributed by atoms with E-state index in [1.165, 1.54) is 0 Å². The summed E-state index contributed by atoms with van der Waals surface area (Å²) in [6, 6.07) is 18.2. The molecule has 0 saturated heterocycles. The molecule has 0 unspecified atom stereocenters. The van der Waals surface area contributed by atoms with Crippen LogP contribution in [0.25, 0.3) is 22.3 Å². The van der Waals surface area contributed by atoms with Gasteiger partial charge in [0.1, 0.15) is 5.82 Å². The summed E-state index contributed by atoms with van der Waals surface area (Å²) >= 11 is 12.5. The maximum absolute atomic E-state index is 13.4. The molecule has 4 rings (SSSR count). The molecule has 0 aliphatic heterocycles. The Bertz CT molecular complexity index is 1320. The highest BCUT2D eigenvalue weighted by atomic mass is 35.5. The molecule has 0 N–H and O–H groups in total. The van der Waals surface area contributed by atoms with Gasteiger partial charge >= 0.3 is 0 Å². The van der Waals surface area contributed by atoms with Crippen molar-refractivity contribution in [2.75, 3.05) is 14.2 Å². The Morgan fingerprint density at radius 3 is 2.45 bits per heavy atom. The van der Waals surface area contributed by atoms with E-state index in [4.69, 9.17) is 37.7 Å². The van der Waals surface area contributed by atoms with Crippen LogP contribution in [0.1, 0.15) is 5.56 Å². The summed E-state index contributed by atoms with van der Waals surface area (Å²) in [5.74, 6) is 1.81. The lowest BCUT2D eigenvalue weighted by Crippen LogP contribution is -2.24. The van der Waals surface area contributed by atoms with Crippen molar-refractivity contribution in [2.45, 2.75) is 13.0 Å². The molecule has 158 valence electrons. The second-order valence-corrected chi connectivity index (χ2v) is 7.82. The number of hydrogen-bond acceptors (Lipinski definition) is 4. The first-order valence-electron chi connectivity index (χ1n) is 9.67. The van der Waals surface area contributed by atoms with Crippen LogP contribution < -0.4 is 15.0 Å². The topological polar surface area (TPSA) is 53.4 Å². The fourth-order valence-electron chi connectivity index (χ4n) is 3.53. The van der Waals surface area contributed by atoms with Gasteiger partial charge in [-0.25, -0.2) is 4.98 Å². The van der Waals surface area contributed by atoms with Crippen molar-refractivity contribution in [1.29, 1.82) is 0 Å². The third-order valence-corrected chi connectivity index (χ3v) is 5.65. The first-order valence-corrected chi connectivity index (χ1v) is 10.4. The third kappa shape index (κ3) is 4.24. The molecule has 0 radical (unpaired) electrons. The Labute approximate surface area is 189 Å². The summed E-state index contributed by atoms with van der Waals surface area (Å²) in [7, 11) is 3.19. The molecule has 0 spiro atoms. The van der Waals surface area contributed by atoms with Gasteiger partial charge in [-0.15, -0.1) is 0 Å². The summed E-state index contributed by atoms with van der Waals surface area (Å²) in [6.45, 7) is 0.417. The van der Waals surface area contributed by atoms with Crippen LogP contribution in [0.5, 0.6) is 11.5 Å². The van der Waals surface area contributed by atoms with E-state index < -0.39 is 0 Å². The minimum atomic E-state index is -0.118. The SMILES string of the molecule is COc1ccc(CCn2c(-c3ccc(Cl)cc3Cl)nc3ccccc3c2=O)cc1OC. The number of rotatable bonds is 6. The van der Waals surface area contributed by atoms with E-state index in [2.05, 4.69) is 0 Å². The smallest absolute Gasteiger partial charge is 0.261 e. The van der Waals surface area contributed by atoms with E-state index >= 15 is 0 Å². The average molecular weight is 455 g/mol. The third-order valence-electron chi connectivity index (χ3n) is 5.11. The molecule has 4 aromatic rings. The van der Waals surface area contributed by atoms with Crippen molar-refractivity contribution in [2.24, 2.45) is 0 Å². The molecule has 0 fully saturated rings. The number of para-hydroxylation sites is 1. The van der Waals surface area contributed by atoms with Crippen LogP contribution in [0.2, 0.25) is 10.0 Å². The van der Waals surface area contributed by atoms with E-state index in [0.717, 1.165) is 5.56 Å². The minimum absolute atomic E-state index is 0.118. The number of hydrogen-bond donors (Lipinski definition) is 0. The van der Waals surface area contributed by atoms with E-state index in [-0.39, 0.29) is 5.56 Å². The Kier molecular flexibility index (Phi) is 6.16. The number of aryl methyl sites for hydroxylation is 1. The van der Waals surface area contributed by atoms with Crippen molar-refractivity contribution in [1.82, 2.24) is 9.55 Å². The number of halogens is 2. The minimum Gasteiger partial charge on any atom is -0.493 e. The number of methoxy groups -OCH3 is 2. The molecule has 0 aliphatic carbocycles. The first-order chi connectivity index (χ1) is 15.0. The van der Waals surface area contributed by atoms with E-state index in [1.54, 1.807) is 43.1 Å². The molecular weight excluding hydrogens is 435 g/mol. The van der Waals surface area contributed by atoms with Gasteiger partial charge in [0.05, 0.1) is 30.1 Å². The number of benzene rings is 3. The molecule has 0 atom stereocenters. The lowest BCUT2D eigenvalue weighted by Gasteiger charge is -2.15. The van der Waals surface area contributed by atoms with E-state index in [9.17, 15) is 4.79 Å². The van der Waals surface area contributed by atoms with Gasteiger partial charge in [-0.1, -0.05) is 41.4 Å². The zero-order chi connectivity index (χ0) is 22.0. The number of fused-ring (bicyclic) bond motifs is 1. The van der Waals surface area contributed by atoms with E-state index in [0.29, 0.717) is 56.8 Å². The molecule has 0 aliphatic rings. The second-order valence-electron chi connectivity index (χ2n) is 6.97. The highest BCUT2D eigenvalue weighted by Crippen LogP contribution is 2.31. The predicted molar refractivity (Wildman–Crippen MR) is 125 cm³/mol. The predicted octanol–water partition coefficient (Wildman–Crippen LogP) is 5.63. The monoisotopic (exact) mass is 454 g/mol. The zero-order valence-electron chi connectivity index (χ0n) is 17.1. The van der Waals surface area contributed by atoms with Gasteiger partial charge in [-0.05, 0) is 54.4 Å². The normalized spacial score (nSPS) is 11.0. The Morgan fingerprint density at radius 2 is 1.71 bits per heavy atom. The van der Waals surface area contributed by atoms with Crippen LogP contribution in [0.4, 0.5) is 0 Å². The van der Waals surface area contributed by atoms with Crippen molar-refractivity contribution < 1.29 is 9.47 Å². The molecule has 7 heteroatoms. The standard InChI is InChI=1S/C24H20Cl2N2O3/c1-30-21-10-7-15(13-22(21)31-2)11-12-28-23(17-9-8-16(25)14-19(17)26)27-20-6-4-3-5-18(20)24(28)29/h3-10,13-14H,11-12H2,1-2H3. The van der Waals surface area contributed by atoms with Crippen molar-refractivity contribution in [3.63, 3.8) is 0 Å². The molecule has 5 nitrogen and oxygen atoms in total. The lowest BCUT2D eigenvalue weighted by atomic mass is 10.1. The highest BCUT2D eigenvalue weighted by Gasteiger charge is 2.16. The molecule has 0 bridgehead atoms. The van der Waals surface area contributed by atoms with Crippen LogP contribution in [0.3, 0.4) is 0 Å². The van der Waals surface area contributed by atoms with Crippen LogP contribution in [0.15, 0.2) is 65.5 Å². The van der Waals surface area contributed by atoms with Crippen LogP contribution in [-0.4, -0.2) is 23.8 Å².